The lowest BCUT2D eigenvalue weighted by atomic mass is 9.68. The van der Waals surface area contributed by atoms with E-state index in [1.165, 1.54) is 17.3 Å². The third-order valence-corrected chi connectivity index (χ3v) is 6.21. The number of H-pyrrole nitrogens is 1. The molecule has 2 aromatic rings. The molecule has 1 aromatic heterocycles. The van der Waals surface area contributed by atoms with Gasteiger partial charge in [0.1, 0.15) is 11.9 Å². The van der Waals surface area contributed by atoms with Crippen molar-refractivity contribution in [2.24, 2.45) is 5.73 Å². The number of carbonyl (C=O) groups excluding carboxylic acids is 2. The lowest BCUT2D eigenvalue weighted by molar-refractivity contribution is -0.255. The van der Waals surface area contributed by atoms with Crippen LogP contribution in [0.4, 0.5) is 0 Å². The standard InChI is InChI=1S/C19H22BN4O7/c21-14(3-9-5-22-8-23-9)18(25)24-6-10(7-24)30-15-2-1-11-12-4-13(12)20(28,29)31-17(11)16(15)19(26)27/h1-2,5,8,10,12-14,28-29H,3-4,6-7,21H2,(H,22,23)(H,26,27)/q-1/p-1/t12?,13?,14-/m0/s1. The normalized spacial score (nSPS) is 24.3. The molecule has 1 aromatic carbocycles. The van der Waals surface area contributed by atoms with E-state index < -0.39 is 30.7 Å². The van der Waals surface area contributed by atoms with Gasteiger partial charge in [0.2, 0.25) is 5.91 Å². The molecule has 11 nitrogen and oxygen atoms in total. The lowest BCUT2D eigenvalue weighted by Crippen LogP contribution is -2.60. The Kier molecular flexibility index (Phi) is 4.47. The number of carboxylic acids is 1. The number of hydrogen-bond donors (Lipinski definition) is 4. The molecule has 5 rings (SSSR count). The monoisotopic (exact) mass is 428 g/mol. The summed E-state index contributed by atoms with van der Waals surface area (Å²) in [5.74, 6) is -2.47. The quantitative estimate of drug-likeness (QED) is 0.384. The molecule has 3 atom stereocenters. The van der Waals surface area contributed by atoms with Gasteiger partial charge in [0.15, 0.2) is 0 Å². The van der Waals surface area contributed by atoms with E-state index in [-0.39, 0.29) is 42.0 Å². The Balaban J connectivity index is 1.27. The number of rotatable bonds is 6. The molecule has 164 valence electrons. The van der Waals surface area contributed by atoms with Gasteiger partial charge in [0.05, 0.1) is 42.7 Å². The van der Waals surface area contributed by atoms with Crippen molar-refractivity contribution < 1.29 is 34.1 Å². The van der Waals surface area contributed by atoms with Gasteiger partial charge < -0.3 is 45.0 Å². The van der Waals surface area contributed by atoms with E-state index in [2.05, 4.69) is 9.97 Å². The van der Waals surface area contributed by atoms with Gasteiger partial charge in [0, 0.05) is 18.3 Å². The molecule has 1 saturated heterocycles. The number of nitrogens with one attached hydrogen (secondary N) is 1. The molecule has 2 fully saturated rings. The number of benzene rings is 1. The number of aromatic nitrogens is 2. The molecule has 1 saturated carbocycles. The third-order valence-electron chi connectivity index (χ3n) is 6.21. The number of likely N-dealkylation sites (tertiary alicyclic amines) is 1. The predicted molar refractivity (Wildman–Crippen MR) is 104 cm³/mol. The Morgan fingerprint density at radius 3 is 2.87 bits per heavy atom. The third kappa shape index (κ3) is 3.42. The van der Waals surface area contributed by atoms with Gasteiger partial charge in [-0.05, 0) is 17.5 Å². The number of carboxylic acid groups (broad SMARTS) is 1. The zero-order valence-electron chi connectivity index (χ0n) is 16.4. The van der Waals surface area contributed by atoms with Crippen LogP contribution in [0.25, 0.3) is 0 Å². The van der Waals surface area contributed by atoms with Gasteiger partial charge >= 0.3 is 6.75 Å². The van der Waals surface area contributed by atoms with Crippen LogP contribution in [0, 0.1) is 0 Å². The number of fused-ring (bicyclic) bond motifs is 3. The highest BCUT2D eigenvalue weighted by Crippen LogP contribution is 2.63. The fourth-order valence-electron chi connectivity index (χ4n) is 4.43. The topological polar surface area (TPSA) is 174 Å². The summed E-state index contributed by atoms with van der Waals surface area (Å²) in [6.45, 7) is -2.63. The molecule has 0 bridgehead atoms. The summed E-state index contributed by atoms with van der Waals surface area (Å²) in [4.78, 5) is 32.6. The number of hydrogen-bond acceptors (Lipinski definition) is 9. The number of imidazole rings is 1. The number of aromatic amines is 1. The molecule has 3 aliphatic rings. The van der Waals surface area contributed by atoms with E-state index in [4.69, 9.17) is 15.1 Å². The van der Waals surface area contributed by atoms with Crippen molar-refractivity contribution >= 4 is 18.6 Å². The molecule has 1 amide bonds. The number of aromatic carboxylic acids is 1. The molecule has 2 aliphatic heterocycles. The van der Waals surface area contributed by atoms with Crippen LogP contribution in [0.1, 0.15) is 34.0 Å². The molecule has 2 unspecified atom stereocenters. The highest BCUT2D eigenvalue weighted by atomic mass is 16.6. The number of ether oxygens (including phenoxy) is 1. The van der Waals surface area contributed by atoms with Crippen molar-refractivity contribution in [1.29, 1.82) is 0 Å². The SMILES string of the molecule is N[C@@H](Cc1cnc[nH]1)C(=O)N1CC(Oc2ccc3c(c2C(=O)[O-])O[B-](O)(O)C2CC32)C1. The molecule has 1 aliphatic carbocycles. The predicted octanol–water partition coefficient (Wildman–Crippen LogP) is -1.89. The van der Waals surface area contributed by atoms with Crippen LogP contribution >= 0.6 is 0 Å². The van der Waals surface area contributed by atoms with Gasteiger partial charge in [-0.2, -0.15) is 0 Å². The first-order chi connectivity index (χ1) is 14.7. The maximum absolute atomic E-state index is 12.5. The van der Waals surface area contributed by atoms with Crippen LogP contribution in [0.3, 0.4) is 0 Å². The maximum atomic E-state index is 12.5. The number of nitrogens with zero attached hydrogens (tertiary/aromatic N) is 2. The molecule has 12 heteroatoms. The van der Waals surface area contributed by atoms with Crippen molar-refractivity contribution in [3.8, 4) is 11.5 Å². The Bertz CT molecular complexity index is 1040. The fraction of sp³-hybridized carbons (Fsp3) is 0.421. The molecule has 31 heavy (non-hydrogen) atoms. The summed E-state index contributed by atoms with van der Waals surface area (Å²) in [7, 11) is 0. The molecular weight excluding hydrogens is 407 g/mol. The Labute approximate surface area is 176 Å². The lowest BCUT2D eigenvalue weighted by Gasteiger charge is -2.41. The minimum absolute atomic E-state index is 0.00306. The highest BCUT2D eigenvalue weighted by Gasteiger charge is 2.55. The first kappa shape index (κ1) is 19.9. The van der Waals surface area contributed by atoms with Crippen molar-refractivity contribution in [1.82, 2.24) is 14.9 Å². The fourth-order valence-corrected chi connectivity index (χ4v) is 4.43. The number of nitrogens with two attached hydrogens (primary N) is 1. The number of amides is 1. The van der Waals surface area contributed by atoms with E-state index >= 15 is 0 Å². The zero-order chi connectivity index (χ0) is 21.9. The van der Waals surface area contributed by atoms with Crippen LogP contribution in [0.5, 0.6) is 11.5 Å². The van der Waals surface area contributed by atoms with Crippen molar-refractivity contribution in [3.05, 3.63) is 41.5 Å². The Hall–Kier alpha value is -3.09. The molecular formula is C19H21BN4O7-2. The van der Waals surface area contributed by atoms with Crippen LogP contribution < -0.4 is 20.2 Å². The summed E-state index contributed by atoms with van der Waals surface area (Å²) in [5, 5.41) is 32.0. The molecule has 0 radical (unpaired) electrons. The van der Waals surface area contributed by atoms with E-state index in [0.717, 1.165) is 5.69 Å². The average molecular weight is 428 g/mol. The Morgan fingerprint density at radius 2 is 2.19 bits per heavy atom. The zero-order valence-corrected chi connectivity index (χ0v) is 16.4. The van der Waals surface area contributed by atoms with Gasteiger partial charge in [0.25, 0.3) is 0 Å². The molecule has 3 heterocycles. The van der Waals surface area contributed by atoms with Crippen LogP contribution in [-0.4, -0.2) is 68.8 Å². The van der Waals surface area contributed by atoms with Crippen LogP contribution in [0.2, 0.25) is 5.82 Å². The summed E-state index contributed by atoms with van der Waals surface area (Å²) < 4.78 is 11.0. The first-order valence-electron chi connectivity index (χ1n) is 10.1. The second-order valence-corrected chi connectivity index (χ2v) is 8.40. The summed E-state index contributed by atoms with van der Waals surface area (Å²) in [5.41, 5.74) is 6.98. The maximum Gasteiger partial charge on any atom is 0.434 e. The van der Waals surface area contributed by atoms with Gasteiger partial charge in [-0.15, -0.1) is 0 Å². The van der Waals surface area contributed by atoms with E-state index in [1.807, 2.05) is 0 Å². The summed E-state index contributed by atoms with van der Waals surface area (Å²) >= 11 is 0. The highest BCUT2D eigenvalue weighted by molar-refractivity contribution is 6.62. The second kappa shape index (κ2) is 6.97. The average Bonchev–Trinajstić information content (AvgIpc) is 3.34. The Morgan fingerprint density at radius 1 is 1.42 bits per heavy atom. The smallest absolute Gasteiger partial charge is 0.434 e. The van der Waals surface area contributed by atoms with Gasteiger partial charge in [-0.1, -0.05) is 18.3 Å². The minimum Gasteiger partial charge on any atom is -0.669 e. The summed E-state index contributed by atoms with van der Waals surface area (Å²) in [6, 6.07) is 2.47. The van der Waals surface area contributed by atoms with Crippen molar-refractivity contribution in [2.45, 2.75) is 36.7 Å². The largest absolute Gasteiger partial charge is 0.669 e. The van der Waals surface area contributed by atoms with E-state index in [9.17, 15) is 24.7 Å². The second-order valence-electron chi connectivity index (χ2n) is 8.40. The van der Waals surface area contributed by atoms with Gasteiger partial charge in [-0.25, -0.2) is 4.98 Å². The minimum atomic E-state index is -3.13. The first-order valence-corrected chi connectivity index (χ1v) is 10.1. The van der Waals surface area contributed by atoms with Gasteiger partial charge in [-0.3, -0.25) is 4.79 Å². The van der Waals surface area contributed by atoms with Crippen molar-refractivity contribution in [2.75, 3.05) is 13.1 Å². The van der Waals surface area contributed by atoms with Crippen molar-refractivity contribution in [3.63, 3.8) is 0 Å². The van der Waals surface area contributed by atoms with E-state index in [1.54, 1.807) is 12.3 Å². The molecule has 0 spiro atoms. The molecule has 5 N–H and O–H groups in total. The number of carbonyl (C=O) groups is 2. The van der Waals surface area contributed by atoms with Crippen LogP contribution in [0.15, 0.2) is 24.7 Å². The summed E-state index contributed by atoms with van der Waals surface area (Å²) in [6.07, 6.45) is 3.53. The van der Waals surface area contributed by atoms with E-state index in [0.29, 0.717) is 18.4 Å². The van der Waals surface area contributed by atoms with Crippen LogP contribution in [-0.2, 0) is 11.2 Å².